The molecule has 0 aliphatic carbocycles. The minimum absolute atomic E-state index is 0.169. The highest BCUT2D eigenvalue weighted by atomic mass is 32.1. The summed E-state index contributed by atoms with van der Waals surface area (Å²) in [5.74, 6) is -0.503. The molecule has 0 aliphatic heterocycles. The molecule has 2 aromatic rings. The number of benzene rings is 1. The third kappa shape index (κ3) is 3.69. The third-order valence-corrected chi connectivity index (χ3v) is 3.86. The molecule has 0 bridgehead atoms. The number of hydrogen-bond acceptors (Lipinski definition) is 5. The van der Waals surface area contributed by atoms with Crippen molar-refractivity contribution in [3.8, 4) is 0 Å². The van der Waals surface area contributed by atoms with Crippen molar-refractivity contribution in [2.75, 3.05) is 26.0 Å². The van der Waals surface area contributed by atoms with Gasteiger partial charge in [-0.2, -0.15) is 0 Å². The zero-order valence-corrected chi connectivity index (χ0v) is 13.3. The van der Waals surface area contributed by atoms with Crippen LogP contribution in [0.15, 0.2) is 29.6 Å². The predicted octanol–water partition coefficient (Wildman–Crippen LogP) is 1.60. The predicted molar refractivity (Wildman–Crippen MR) is 87.3 cm³/mol. The molecule has 0 saturated heterocycles. The lowest BCUT2D eigenvalue weighted by Crippen LogP contribution is -2.24. The first-order valence-corrected chi connectivity index (χ1v) is 7.67. The van der Waals surface area contributed by atoms with Crippen LogP contribution in [0.4, 0.5) is 5.69 Å². The fourth-order valence-electron chi connectivity index (χ4n) is 1.86. The standard InChI is InChI=1S/C15H18N4O2S/c1-19(2)15(21)10-5-3-4-6-11(10)18-14(20)12-9-22-13(17-12)7-8-16/h3-6,9H,7-8,16H2,1-2H3,(H,18,20). The highest BCUT2D eigenvalue weighted by Gasteiger charge is 2.16. The Balaban J connectivity index is 2.19. The zero-order valence-electron chi connectivity index (χ0n) is 12.5. The van der Waals surface area contributed by atoms with E-state index in [0.29, 0.717) is 29.9 Å². The second-order valence-electron chi connectivity index (χ2n) is 4.86. The fraction of sp³-hybridized carbons (Fsp3) is 0.267. The number of carbonyl (C=O) groups is 2. The summed E-state index contributed by atoms with van der Waals surface area (Å²) in [6, 6.07) is 6.90. The maximum absolute atomic E-state index is 12.3. The number of nitrogens with one attached hydrogen (secondary N) is 1. The summed E-state index contributed by atoms with van der Waals surface area (Å²) in [5.41, 5.74) is 6.72. The van der Waals surface area contributed by atoms with E-state index in [4.69, 9.17) is 5.73 Å². The van der Waals surface area contributed by atoms with Gasteiger partial charge in [0, 0.05) is 25.9 Å². The summed E-state index contributed by atoms with van der Waals surface area (Å²) in [6.07, 6.45) is 0.646. The minimum atomic E-state index is -0.335. The van der Waals surface area contributed by atoms with Crippen molar-refractivity contribution in [1.29, 1.82) is 0 Å². The number of para-hydroxylation sites is 1. The Kier molecular flexibility index (Phi) is 5.24. The van der Waals surface area contributed by atoms with Crippen LogP contribution in [-0.2, 0) is 6.42 Å². The first kappa shape index (κ1) is 16.1. The lowest BCUT2D eigenvalue weighted by molar-refractivity contribution is 0.0828. The van der Waals surface area contributed by atoms with Gasteiger partial charge in [-0.25, -0.2) is 4.98 Å². The molecular weight excluding hydrogens is 300 g/mol. The first-order chi connectivity index (χ1) is 10.5. The zero-order chi connectivity index (χ0) is 16.1. The van der Waals surface area contributed by atoms with Gasteiger partial charge in [0.15, 0.2) is 0 Å². The number of anilines is 1. The molecule has 0 unspecified atom stereocenters. The summed E-state index contributed by atoms with van der Waals surface area (Å²) in [6.45, 7) is 0.495. The van der Waals surface area contributed by atoms with Crippen LogP contribution in [0.25, 0.3) is 0 Å². The van der Waals surface area contributed by atoms with Crippen molar-refractivity contribution in [2.24, 2.45) is 5.73 Å². The summed E-state index contributed by atoms with van der Waals surface area (Å²) in [5, 5.41) is 5.26. The number of thiazole rings is 1. The van der Waals surface area contributed by atoms with Gasteiger partial charge in [-0.05, 0) is 18.7 Å². The van der Waals surface area contributed by atoms with Gasteiger partial charge < -0.3 is 16.0 Å². The molecule has 0 fully saturated rings. The van der Waals surface area contributed by atoms with Gasteiger partial charge in [0.05, 0.1) is 16.3 Å². The van der Waals surface area contributed by atoms with Gasteiger partial charge in [-0.15, -0.1) is 11.3 Å². The molecule has 116 valence electrons. The fourth-order valence-corrected chi connectivity index (χ4v) is 2.65. The lowest BCUT2D eigenvalue weighted by atomic mass is 10.1. The molecule has 3 N–H and O–H groups in total. The number of nitrogens with two attached hydrogens (primary N) is 1. The molecule has 2 rings (SSSR count). The van der Waals surface area contributed by atoms with Gasteiger partial charge in [-0.1, -0.05) is 12.1 Å². The molecule has 0 atom stereocenters. The number of amides is 2. The number of nitrogens with zero attached hydrogens (tertiary/aromatic N) is 2. The number of hydrogen-bond donors (Lipinski definition) is 2. The topological polar surface area (TPSA) is 88.3 Å². The van der Waals surface area contributed by atoms with E-state index in [0.717, 1.165) is 5.01 Å². The van der Waals surface area contributed by atoms with Gasteiger partial charge in [-0.3, -0.25) is 9.59 Å². The number of rotatable bonds is 5. The van der Waals surface area contributed by atoms with Crippen LogP contribution in [0.1, 0.15) is 25.9 Å². The van der Waals surface area contributed by atoms with E-state index in [2.05, 4.69) is 10.3 Å². The first-order valence-electron chi connectivity index (χ1n) is 6.79. The highest BCUT2D eigenvalue weighted by Crippen LogP contribution is 2.18. The molecular formula is C15H18N4O2S. The molecule has 1 heterocycles. The monoisotopic (exact) mass is 318 g/mol. The van der Waals surface area contributed by atoms with Crippen LogP contribution < -0.4 is 11.1 Å². The van der Waals surface area contributed by atoms with E-state index in [-0.39, 0.29) is 11.8 Å². The lowest BCUT2D eigenvalue weighted by Gasteiger charge is -2.14. The highest BCUT2D eigenvalue weighted by molar-refractivity contribution is 7.09. The van der Waals surface area contributed by atoms with E-state index < -0.39 is 0 Å². The van der Waals surface area contributed by atoms with Gasteiger partial charge in [0.2, 0.25) is 0 Å². The molecule has 22 heavy (non-hydrogen) atoms. The second kappa shape index (κ2) is 7.15. The summed E-state index contributed by atoms with van der Waals surface area (Å²) < 4.78 is 0. The summed E-state index contributed by atoms with van der Waals surface area (Å²) in [7, 11) is 3.33. The van der Waals surface area contributed by atoms with Crippen molar-refractivity contribution in [1.82, 2.24) is 9.88 Å². The van der Waals surface area contributed by atoms with Crippen LogP contribution >= 0.6 is 11.3 Å². The molecule has 6 nitrogen and oxygen atoms in total. The Bertz CT molecular complexity index is 682. The Morgan fingerprint density at radius 3 is 2.73 bits per heavy atom. The second-order valence-corrected chi connectivity index (χ2v) is 5.81. The maximum Gasteiger partial charge on any atom is 0.275 e. The summed E-state index contributed by atoms with van der Waals surface area (Å²) in [4.78, 5) is 30.1. The van der Waals surface area contributed by atoms with Crippen LogP contribution in [0.3, 0.4) is 0 Å². The van der Waals surface area contributed by atoms with Crippen LogP contribution in [0, 0.1) is 0 Å². The van der Waals surface area contributed by atoms with E-state index in [1.807, 2.05) is 0 Å². The van der Waals surface area contributed by atoms with Gasteiger partial charge in [0.25, 0.3) is 11.8 Å². The molecule has 2 amide bonds. The third-order valence-electron chi connectivity index (χ3n) is 2.95. The Morgan fingerprint density at radius 1 is 1.32 bits per heavy atom. The Hall–Kier alpha value is -2.25. The number of carbonyl (C=O) groups excluding carboxylic acids is 2. The molecule has 0 saturated carbocycles. The van der Waals surface area contributed by atoms with Crippen LogP contribution in [0.5, 0.6) is 0 Å². The van der Waals surface area contributed by atoms with E-state index in [1.165, 1.54) is 16.2 Å². The smallest absolute Gasteiger partial charge is 0.275 e. The molecule has 0 radical (unpaired) electrons. The van der Waals surface area contributed by atoms with Gasteiger partial charge >= 0.3 is 0 Å². The van der Waals surface area contributed by atoms with E-state index in [9.17, 15) is 9.59 Å². The molecule has 7 heteroatoms. The Morgan fingerprint density at radius 2 is 2.05 bits per heavy atom. The molecule has 1 aromatic heterocycles. The van der Waals surface area contributed by atoms with Crippen LogP contribution in [-0.4, -0.2) is 42.3 Å². The normalized spacial score (nSPS) is 10.3. The largest absolute Gasteiger partial charge is 0.345 e. The van der Waals surface area contributed by atoms with Crippen molar-refractivity contribution >= 4 is 28.8 Å². The SMILES string of the molecule is CN(C)C(=O)c1ccccc1NC(=O)c1csc(CCN)n1. The Labute approximate surface area is 133 Å². The van der Waals surface area contributed by atoms with Crippen molar-refractivity contribution in [3.63, 3.8) is 0 Å². The van der Waals surface area contributed by atoms with Crippen LogP contribution in [0.2, 0.25) is 0 Å². The molecule has 0 spiro atoms. The molecule has 0 aliphatic rings. The number of aromatic nitrogens is 1. The maximum atomic E-state index is 12.3. The summed E-state index contributed by atoms with van der Waals surface area (Å²) >= 11 is 1.40. The average Bonchev–Trinajstić information content (AvgIpc) is 2.96. The average molecular weight is 318 g/mol. The van der Waals surface area contributed by atoms with E-state index in [1.54, 1.807) is 43.7 Å². The van der Waals surface area contributed by atoms with E-state index >= 15 is 0 Å². The van der Waals surface area contributed by atoms with Gasteiger partial charge in [0.1, 0.15) is 5.69 Å². The van der Waals surface area contributed by atoms with Crippen molar-refractivity contribution in [3.05, 3.63) is 45.9 Å². The quantitative estimate of drug-likeness (QED) is 0.876. The minimum Gasteiger partial charge on any atom is -0.345 e. The molecule has 1 aromatic carbocycles. The van der Waals surface area contributed by atoms with Crippen molar-refractivity contribution < 1.29 is 9.59 Å². The van der Waals surface area contributed by atoms with Crippen molar-refractivity contribution in [2.45, 2.75) is 6.42 Å².